The molecule has 0 radical (unpaired) electrons. The molecule has 0 aliphatic carbocycles. The molecule has 1 fully saturated rings. The second-order valence-electron chi connectivity index (χ2n) is 5.81. The average Bonchev–Trinajstić information content (AvgIpc) is 2.42. The number of piperidine rings is 1. The molecule has 0 spiro atoms. The van der Waals surface area contributed by atoms with Gasteiger partial charge in [-0.3, -0.25) is 4.79 Å². The van der Waals surface area contributed by atoms with Crippen molar-refractivity contribution in [2.24, 2.45) is 5.73 Å². The van der Waals surface area contributed by atoms with Crippen LogP contribution in [0.15, 0.2) is 24.3 Å². The zero-order valence-corrected chi connectivity index (χ0v) is 12.0. The van der Waals surface area contributed by atoms with E-state index in [-0.39, 0.29) is 11.4 Å². The molecule has 3 heteroatoms. The first-order valence-corrected chi connectivity index (χ1v) is 7.12. The first-order chi connectivity index (χ1) is 9.07. The number of nitrogens with two attached hydrogens (primary N) is 1. The van der Waals surface area contributed by atoms with Crippen LogP contribution in [0.5, 0.6) is 0 Å². The van der Waals surface area contributed by atoms with E-state index in [0.29, 0.717) is 13.0 Å². The predicted molar refractivity (Wildman–Crippen MR) is 77.9 cm³/mol. The van der Waals surface area contributed by atoms with Crippen LogP contribution >= 0.6 is 0 Å². The fourth-order valence-corrected chi connectivity index (χ4v) is 2.89. The predicted octanol–water partition coefficient (Wildman–Crippen LogP) is 2.27. The summed E-state index contributed by atoms with van der Waals surface area (Å²) in [7, 11) is 0. The molecule has 1 aromatic rings. The highest BCUT2D eigenvalue weighted by Crippen LogP contribution is 2.27. The Labute approximate surface area is 115 Å². The van der Waals surface area contributed by atoms with Gasteiger partial charge < -0.3 is 10.6 Å². The summed E-state index contributed by atoms with van der Waals surface area (Å²) in [4.78, 5) is 14.6. The zero-order valence-electron chi connectivity index (χ0n) is 12.0. The van der Waals surface area contributed by atoms with Gasteiger partial charge in [-0.05, 0) is 44.2 Å². The largest absolute Gasteiger partial charge is 0.336 e. The Morgan fingerprint density at radius 3 is 2.79 bits per heavy atom. The lowest BCUT2D eigenvalue weighted by Gasteiger charge is -2.44. The number of carbonyl (C=O) groups excluding carboxylic acids is 1. The van der Waals surface area contributed by atoms with Crippen LogP contribution < -0.4 is 5.73 Å². The summed E-state index contributed by atoms with van der Waals surface area (Å²) in [6.07, 6.45) is 3.77. The molecule has 0 bridgehead atoms. The van der Waals surface area contributed by atoms with Gasteiger partial charge in [-0.15, -0.1) is 0 Å². The number of hydrogen-bond acceptors (Lipinski definition) is 2. The fourth-order valence-electron chi connectivity index (χ4n) is 2.89. The van der Waals surface area contributed by atoms with Crippen molar-refractivity contribution in [3.05, 3.63) is 35.4 Å². The Morgan fingerprint density at radius 2 is 2.11 bits per heavy atom. The van der Waals surface area contributed by atoms with Crippen LogP contribution in [0.25, 0.3) is 0 Å². The first-order valence-electron chi connectivity index (χ1n) is 7.12. The minimum absolute atomic E-state index is 0.155. The number of nitrogens with zero attached hydrogens (tertiary/aromatic N) is 1. The van der Waals surface area contributed by atoms with Crippen molar-refractivity contribution in [2.45, 2.75) is 45.1 Å². The summed E-state index contributed by atoms with van der Waals surface area (Å²) in [5, 5.41) is 0. The molecule has 1 aliphatic heterocycles. The van der Waals surface area contributed by atoms with E-state index in [0.717, 1.165) is 24.9 Å². The molecule has 19 heavy (non-hydrogen) atoms. The third-order valence-electron chi connectivity index (χ3n) is 4.34. The van der Waals surface area contributed by atoms with E-state index in [1.165, 1.54) is 12.0 Å². The molecule has 1 aliphatic rings. The standard InChI is InChI=1S/C16H24N2O/c1-13-7-3-4-8-14(13)11-15(19)18-10-6-5-9-16(18,2)12-17/h3-4,7-8H,5-6,9-12,17H2,1-2H3. The van der Waals surface area contributed by atoms with Crippen molar-refractivity contribution in [3.63, 3.8) is 0 Å². The molecule has 0 saturated carbocycles. The zero-order chi connectivity index (χ0) is 13.9. The van der Waals surface area contributed by atoms with Gasteiger partial charge in [0.25, 0.3) is 0 Å². The summed E-state index contributed by atoms with van der Waals surface area (Å²) in [6.45, 7) is 5.56. The molecule has 104 valence electrons. The summed E-state index contributed by atoms with van der Waals surface area (Å²) in [6, 6.07) is 8.10. The van der Waals surface area contributed by atoms with Gasteiger partial charge in [-0.1, -0.05) is 24.3 Å². The van der Waals surface area contributed by atoms with E-state index in [2.05, 4.69) is 19.9 Å². The van der Waals surface area contributed by atoms with Crippen LogP contribution in [0.2, 0.25) is 0 Å². The monoisotopic (exact) mass is 260 g/mol. The van der Waals surface area contributed by atoms with Crippen LogP contribution in [0.3, 0.4) is 0 Å². The number of amides is 1. The molecule has 1 heterocycles. The average molecular weight is 260 g/mol. The van der Waals surface area contributed by atoms with Crippen molar-refractivity contribution in [2.75, 3.05) is 13.1 Å². The van der Waals surface area contributed by atoms with Gasteiger partial charge in [0.15, 0.2) is 0 Å². The van der Waals surface area contributed by atoms with Crippen molar-refractivity contribution >= 4 is 5.91 Å². The SMILES string of the molecule is Cc1ccccc1CC(=O)N1CCCCC1(C)CN. The Bertz CT molecular complexity index is 458. The third kappa shape index (κ3) is 2.98. The number of carbonyl (C=O) groups is 1. The van der Waals surface area contributed by atoms with E-state index < -0.39 is 0 Å². The molecule has 1 unspecified atom stereocenters. The highest BCUT2D eigenvalue weighted by atomic mass is 16.2. The topological polar surface area (TPSA) is 46.3 Å². The number of rotatable bonds is 3. The Morgan fingerprint density at radius 1 is 1.37 bits per heavy atom. The van der Waals surface area contributed by atoms with Crippen molar-refractivity contribution in [1.29, 1.82) is 0 Å². The van der Waals surface area contributed by atoms with Crippen molar-refractivity contribution in [1.82, 2.24) is 4.90 Å². The van der Waals surface area contributed by atoms with Crippen LogP contribution in [-0.2, 0) is 11.2 Å². The lowest BCUT2D eigenvalue weighted by Crippen LogP contribution is -2.57. The van der Waals surface area contributed by atoms with Gasteiger partial charge >= 0.3 is 0 Å². The molecule has 2 N–H and O–H groups in total. The van der Waals surface area contributed by atoms with Crippen LogP contribution in [-0.4, -0.2) is 29.4 Å². The lowest BCUT2D eigenvalue weighted by atomic mass is 9.88. The van der Waals surface area contributed by atoms with Crippen LogP contribution in [0.4, 0.5) is 0 Å². The van der Waals surface area contributed by atoms with Gasteiger partial charge in [-0.25, -0.2) is 0 Å². The van der Waals surface area contributed by atoms with E-state index in [9.17, 15) is 4.79 Å². The van der Waals surface area contributed by atoms with Gasteiger partial charge in [0, 0.05) is 13.1 Å². The van der Waals surface area contributed by atoms with Crippen molar-refractivity contribution < 1.29 is 4.79 Å². The smallest absolute Gasteiger partial charge is 0.227 e. The van der Waals surface area contributed by atoms with Crippen molar-refractivity contribution in [3.8, 4) is 0 Å². The first kappa shape index (κ1) is 14.1. The number of hydrogen-bond donors (Lipinski definition) is 1. The summed E-state index contributed by atoms with van der Waals surface area (Å²) in [5.41, 5.74) is 8.05. The van der Waals surface area contributed by atoms with E-state index in [1.54, 1.807) is 0 Å². The molecule has 0 aromatic heterocycles. The van der Waals surface area contributed by atoms with Crippen LogP contribution in [0, 0.1) is 6.92 Å². The molecule has 2 rings (SSSR count). The summed E-state index contributed by atoms with van der Waals surface area (Å²) >= 11 is 0. The molecular formula is C16H24N2O. The minimum atomic E-state index is -0.155. The maximum Gasteiger partial charge on any atom is 0.227 e. The van der Waals surface area contributed by atoms with E-state index >= 15 is 0 Å². The quantitative estimate of drug-likeness (QED) is 0.906. The molecular weight excluding hydrogens is 236 g/mol. The Hall–Kier alpha value is -1.35. The molecule has 1 amide bonds. The summed E-state index contributed by atoms with van der Waals surface area (Å²) in [5.74, 6) is 0.210. The lowest BCUT2D eigenvalue weighted by molar-refractivity contribution is -0.138. The summed E-state index contributed by atoms with van der Waals surface area (Å²) < 4.78 is 0. The normalized spacial score (nSPS) is 23.4. The maximum absolute atomic E-state index is 12.6. The van der Waals surface area contributed by atoms with E-state index in [1.807, 2.05) is 23.1 Å². The molecule has 3 nitrogen and oxygen atoms in total. The second-order valence-corrected chi connectivity index (χ2v) is 5.81. The molecule has 1 saturated heterocycles. The molecule has 1 aromatic carbocycles. The Balaban J connectivity index is 2.13. The fraction of sp³-hybridized carbons (Fsp3) is 0.562. The van der Waals surface area contributed by atoms with Gasteiger partial charge in [0.05, 0.1) is 12.0 Å². The minimum Gasteiger partial charge on any atom is -0.336 e. The number of likely N-dealkylation sites (tertiary alicyclic amines) is 1. The number of aryl methyl sites for hydroxylation is 1. The van der Waals surface area contributed by atoms with Gasteiger partial charge in [-0.2, -0.15) is 0 Å². The maximum atomic E-state index is 12.6. The highest BCUT2D eigenvalue weighted by Gasteiger charge is 2.35. The molecule has 1 atom stereocenters. The number of benzene rings is 1. The van der Waals surface area contributed by atoms with Crippen LogP contribution in [0.1, 0.15) is 37.3 Å². The Kier molecular flexibility index (Phi) is 4.25. The highest BCUT2D eigenvalue weighted by molar-refractivity contribution is 5.80. The van der Waals surface area contributed by atoms with Gasteiger partial charge in [0.1, 0.15) is 0 Å². The van der Waals surface area contributed by atoms with E-state index in [4.69, 9.17) is 5.73 Å². The third-order valence-corrected chi connectivity index (χ3v) is 4.34. The van der Waals surface area contributed by atoms with Gasteiger partial charge in [0.2, 0.25) is 5.91 Å². The second kappa shape index (κ2) is 5.74.